The highest BCUT2D eigenvalue weighted by atomic mass is 16.5. The van der Waals surface area contributed by atoms with Gasteiger partial charge in [-0.25, -0.2) is 4.98 Å². The Bertz CT molecular complexity index is 1240. The van der Waals surface area contributed by atoms with Gasteiger partial charge in [0.2, 0.25) is 5.91 Å². The van der Waals surface area contributed by atoms with Gasteiger partial charge >= 0.3 is 5.91 Å². The fourth-order valence-corrected chi connectivity index (χ4v) is 4.67. The van der Waals surface area contributed by atoms with Crippen LogP contribution in [-0.4, -0.2) is 68.1 Å². The minimum Gasteiger partial charge on any atom is -0.384 e. The van der Waals surface area contributed by atoms with E-state index in [2.05, 4.69) is 11.0 Å². The van der Waals surface area contributed by atoms with Crippen LogP contribution >= 0.6 is 0 Å². The van der Waals surface area contributed by atoms with Crippen LogP contribution < -0.4 is 9.80 Å². The molecule has 9 heteroatoms. The lowest BCUT2D eigenvalue weighted by Crippen LogP contribution is -2.54. The summed E-state index contributed by atoms with van der Waals surface area (Å²) in [5, 5.41) is 19.0. The molecular weight excluding hydrogens is 456 g/mol. The van der Waals surface area contributed by atoms with Crippen LogP contribution in [0.2, 0.25) is 0 Å². The minimum absolute atomic E-state index is 0.00890. The molecule has 2 fully saturated rings. The number of methoxy groups -OCH3 is 1. The number of piperazine rings is 1. The van der Waals surface area contributed by atoms with Gasteiger partial charge in [-0.05, 0) is 43.5 Å². The van der Waals surface area contributed by atoms with Crippen molar-refractivity contribution in [2.45, 2.75) is 38.1 Å². The smallest absolute Gasteiger partial charge is 0.329 e. The van der Waals surface area contributed by atoms with Crippen LogP contribution in [-0.2, 0) is 14.3 Å². The second-order valence-electron chi connectivity index (χ2n) is 9.33. The number of nitriles is 2. The molecule has 0 spiro atoms. The zero-order valence-electron chi connectivity index (χ0n) is 20.9. The predicted octanol–water partition coefficient (Wildman–Crippen LogP) is 3.06. The number of hydrogen-bond acceptors (Lipinski definition) is 7. The number of carbonyl (C=O) groups excluding carboxylic acids is 2. The minimum atomic E-state index is -0.644. The highest BCUT2D eigenvalue weighted by Crippen LogP contribution is 2.45. The van der Waals surface area contributed by atoms with Gasteiger partial charge in [-0.15, -0.1) is 0 Å². The monoisotopic (exact) mass is 486 g/mol. The van der Waals surface area contributed by atoms with E-state index in [1.807, 2.05) is 36.1 Å². The highest BCUT2D eigenvalue weighted by Gasteiger charge is 2.33. The number of nitrogens with zero attached hydrogens (tertiary/aromatic N) is 6. The Balaban J connectivity index is 1.65. The Morgan fingerprint density at radius 3 is 2.64 bits per heavy atom. The van der Waals surface area contributed by atoms with Crippen molar-refractivity contribution in [2.24, 2.45) is 0 Å². The maximum Gasteiger partial charge on any atom is 0.329 e. The fraction of sp³-hybridized carbons (Fsp3) is 0.444. The predicted molar refractivity (Wildman–Crippen MR) is 135 cm³/mol. The van der Waals surface area contributed by atoms with Crippen molar-refractivity contribution in [2.75, 3.05) is 50.2 Å². The number of benzene rings is 1. The van der Waals surface area contributed by atoms with Crippen molar-refractivity contribution >= 4 is 23.3 Å². The number of ether oxygens (including phenoxy) is 1. The van der Waals surface area contributed by atoms with Crippen LogP contribution in [0.4, 0.5) is 11.5 Å². The molecule has 36 heavy (non-hydrogen) atoms. The third-order valence-corrected chi connectivity index (χ3v) is 6.83. The molecule has 2 amide bonds. The third kappa shape index (κ3) is 5.17. The van der Waals surface area contributed by atoms with Crippen molar-refractivity contribution in [1.29, 1.82) is 10.5 Å². The summed E-state index contributed by atoms with van der Waals surface area (Å²) in [4.78, 5) is 34.7. The number of aromatic nitrogens is 1. The first-order valence-corrected chi connectivity index (χ1v) is 12.1. The van der Waals surface area contributed by atoms with E-state index in [1.54, 1.807) is 26.3 Å². The van der Waals surface area contributed by atoms with Crippen molar-refractivity contribution < 1.29 is 14.3 Å². The van der Waals surface area contributed by atoms with E-state index in [1.165, 1.54) is 4.90 Å². The second-order valence-corrected chi connectivity index (χ2v) is 9.33. The summed E-state index contributed by atoms with van der Waals surface area (Å²) in [6.07, 6.45) is 2.43. The average Bonchev–Trinajstić information content (AvgIpc) is 3.75. The highest BCUT2D eigenvalue weighted by molar-refractivity contribution is 6.04. The topological polar surface area (TPSA) is 114 Å². The van der Waals surface area contributed by atoms with E-state index in [9.17, 15) is 14.9 Å². The average molecular weight is 487 g/mol. The Hall–Kier alpha value is -3.95. The van der Waals surface area contributed by atoms with Gasteiger partial charge in [0, 0.05) is 57.0 Å². The molecule has 186 valence electrons. The van der Waals surface area contributed by atoms with E-state index in [0.29, 0.717) is 55.6 Å². The summed E-state index contributed by atoms with van der Waals surface area (Å²) in [6.45, 7) is 4.19. The van der Waals surface area contributed by atoms with Gasteiger partial charge in [0.1, 0.15) is 11.9 Å². The second kappa shape index (κ2) is 10.8. The number of amides is 2. The maximum absolute atomic E-state index is 12.5. The molecule has 1 saturated heterocycles. The molecule has 4 rings (SSSR count). The van der Waals surface area contributed by atoms with Crippen LogP contribution in [0.15, 0.2) is 30.3 Å². The van der Waals surface area contributed by atoms with Crippen molar-refractivity contribution in [3.63, 3.8) is 0 Å². The van der Waals surface area contributed by atoms with Gasteiger partial charge in [0.05, 0.1) is 24.3 Å². The van der Waals surface area contributed by atoms with Gasteiger partial charge in [0.25, 0.3) is 0 Å². The molecule has 1 aromatic carbocycles. The Labute approximate surface area is 211 Å². The van der Waals surface area contributed by atoms with Crippen LogP contribution in [0.5, 0.6) is 0 Å². The van der Waals surface area contributed by atoms with E-state index in [0.717, 1.165) is 29.7 Å². The molecule has 2 aliphatic rings. The zero-order chi connectivity index (χ0) is 25.8. The van der Waals surface area contributed by atoms with E-state index in [4.69, 9.17) is 15.0 Å². The lowest BCUT2D eigenvalue weighted by atomic mass is 9.98. The standard InChI is InChI=1S/C27H30N6O3/c1-18-17-32(10-11-33(18)24(34)9-12-36-3)27-21(15-28)14-23(26(30-27)19-7-8-19)20-5-4-6-22(13-20)31(2)25(35)16-29/h4-6,13-14,18-19H,7-12,17H2,1-3H3/t18-/m1/s1. The van der Waals surface area contributed by atoms with Gasteiger partial charge in [-0.2, -0.15) is 10.5 Å². The van der Waals surface area contributed by atoms with Crippen molar-refractivity contribution in [3.05, 3.63) is 41.6 Å². The SMILES string of the molecule is COCCC(=O)N1CCN(c2nc(C3CC3)c(-c3cccc(N(C)C(=O)C#N)c3)cc2C#N)C[C@H]1C. The molecule has 1 saturated carbocycles. The van der Waals surface area contributed by atoms with Crippen LogP contribution in [0.1, 0.15) is 43.4 Å². The largest absolute Gasteiger partial charge is 0.384 e. The quantitative estimate of drug-likeness (QED) is 0.553. The Morgan fingerprint density at radius 2 is 2.00 bits per heavy atom. The summed E-state index contributed by atoms with van der Waals surface area (Å²) in [5.74, 6) is 0.413. The van der Waals surface area contributed by atoms with Crippen LogP contribution in [0.3, 0.4) is 0 Å². The molecule has 2 aromatic rings. The number of anilines is 2. The van der Waals surface area contributed by atoms with E-state index >= 15 is 0 Å². The van der Waals surface area contributed by atoms with Crippen LogP contribution in [0, 0.1) is 22.7 Å². The Morgan fingerprint density at radius 1 is 1.22 bits per heavy atom. The molecule has 9 nitrogen and oxygen atoms in total. The normalized spacial score (nSPS) is 17.3. The number of rotatable bonds is 7. The van der Waals surface area contributed by atoms with Gasteiger partial charge < -0.3 is 19.4 Å². The zero-order valence-corrected chi connectivity index (χ0v) is 20.9. The molecule has 1 aromatic heterocycles. The first-order valence-electron chi connectivity index (χ1n) is 12.1. The summed E-state index contributed by atoms with van der Waals surface area (Å²) in [5.41, 5.74) is 3.75. The molecule has 2 heterocycles. The molecule has 0 N–H and O–H groups in total. The summed E-state index contributed by atoms with van der Waals surface area (Å²) >= 11 is 0. The van der Waals surface area contributed by atoms with Crippen molar-refractivity contribution in [3.8, 4) is 23.3 Å². The maximum atomic E-state index is 12.5. The van der Waals surface area contributed by atoms with Gasteiger partial charge in [-0.1, -0.05) is 12.1 Å². The van der Waals surface area contributed by atoms with E-state index in [-0.39, 0.29) is 11.9 Å². The van der Waals surface area contributed by atoms with Gasteiger partial charge in [-0.3, -0.25) is 9.59 Å². The summed E-state index contributed by atoms with van der Waals surface area (Å²) in [6, 6.07) is 13.2. The van der Waals surface area contributed by atoms with Gasteiger partial charge in [0.15, 0.2) is 6.07 Å². The first-order chi connectivity index (χ1) is 17.4. The molecule has 0 radical (unpaired) electrons. The van der Waals surface area contributed by atoms with Crippen molar-refractivity contribution in [1.82, 2.24) is 9.88 Å². The van der Waals surface area contributed by atoms with E-state index < -0.39 is 5.91 Å². The third-order valence-electron chi connectivity index (χ3n) is 6.83. The molecule has 0 unspecified atom stereocenters. The molecular formula is C27H30N6O3. The number of pyridine rings is 1. The summed E-state index contributed by atoms with van der Waals surface area (Å²) in [7, 11) is 3.15. The fourth-order valence-electron chi connectivity index (χ4n) is 4.67. The molecule has 0 bridgehead atoms. The molecule has 1 atom stereocenters. The Kier molecular flexibility index (Phi) is 7.52. The lowest BCUT2D eigenvalue weighted by molar-refractivity contribution is -0.134. The molecule has 1 aliphatic carbocycles. The lowest BCUT2D eigenvalue weighted by Gasteiger charge is -2.41. The van der Waals surface area contributed by atoms with Crippen LogP contribution in [0.25, 0.3) is 11.1 Å². The first kappa shape index (κ1) is 25.2. The number of hydrogen-bond donors (Lipinski definition) is 0. The number of carbonyl (C=O) groups is 2. The molecule has 1 aliphatic heterocycles. The summed E-state index contributed by atoms with van der Waals surface area (Å²) < 4.78 is 5.05.